The summed E-state index contributed by atoms with van der Waals surface area (Å²) >= 11 is 4.83. The number of carbonyl (C=O) groups is 1. The van der Waals surface area contributed by atoms with E-state index in [2.05, 4.69) is 11.4 Å². The van der Waals surface area contributed by atoms with Gasteiger partial charge in [0.1, 0.15) is 4.83 Å². The Bertz CT molecular complexity index is 1240. The highest BCUT2D eigenvalue weighted by Crippen LogP contribution is 2.36. The van der Waals surface area contributed by atoms with Crippen LogP contribution >= 0.6 is 34.4 Å². The second-order valence-corrected chi connectivity index (χ2v) is 11.7. The Morgan fingerprint density at radius 2 is 2.19 bits per heavy atom. The molecule has 9 heteroatoms. The van der Waals surface area contributed by atoms with Gasteiger partial charge in [-0.15, -0.1) is 22.7 Å². The normalized spacial score (nSPS) is 20.1. The lowest BCUT2D eigenvalue weighted by molar-refractivity contribution is -0.129. The summed E-state index contributed by atoms with van der Waals surface area (Å²) in [7, 11) is 0. The van der Waals surface area contributed by atoms with Crippen molar-refractivity contribution in [1.29, 1.82) is 0 Å². The first-order valence-electron chi connectivity index (χ1n) is 11.3. The molecule has 0 aromatic carbocycles. The average Bonchev–Trinajstić information content (AvgIpc) is 3.58. The molecule has 0 N–H and O–H groups in total. The van der Waals surface area contributed by atoms with Gasteiger partial charge in [-0.3, -0.25) is 14.2 Å². The number of hydrogen-bond acceptors (Lipinski definition) is 7. The van der Waals surface area contributed by atoms with Gasteiger partial charge in [0.2, 0.25) is 5.91 Å². The molecule has 3 aromatic heterocycles. The molecule has 6 nitrogen and oxygen atoms in total. The van der Waals surface area contributed by atoms with Crippen LogP contribution in [0.5, 0.6) is 0 Å². The Kier molecular flexibility index (Phi) is 5.61. The van der Waals surface area contributed by atoms with Gasteiger partial charge < -0.3 is 9.64 Å². The van der Waals surface area contributed by atoms with E-state index in [4.69, 9.17) is 9.72 Å². The number of fused-ring (bicyclic) bond motifs is 4. The first kappa shape index (κ1) is 20.9. The number of thioether (sulfide) groups is 1. The third kappa shape index (κ3) is 3.73. The molecular weight excluding hydrogens is 462 g/mol. The lowest BCUT2D eigenvalue weighted by Crippen LogP contribution is -2.36. The molecule has 1 atom stereocenters. The standard InChI is InChI=1S/C23H25N3O3S3/c27-19(25-8-6-17-14(11-25)7-10-30-17)13-31-23-24-21-20(16-4-1-5-18(16)32-21)22(28)26(23)12-15-3-2-9-29-15/h7,10,15H,1-6,8-9,11-13H2. The number of rotatable bonds is 5. The summed E-state index contributed by atoms with van der Waals surface area (Å²) in [6.45, 7) is 2.72. The molecule has 0 spiro atoms. The van der Waals surface area contributed by atoms with Crippen molar-refractivity contribution in [1.82, 2.24) is 14.5 Å². The van der Waals surface area contributed by atoms with Crippen molar-refractivity contribution in [2.45, 2.75) is 62.9 Å². The van der Waals surface area contributed by atoms with E-state index in [9.17, 15) is 9.59 Å². The van der Waals surface area contributed by atoms with Gasteiger partial charge in [0.25, 0.3) is 5.56 Å². The second-order valence-electron chi connectivity index (χ2n) is 8.71. The Hall–Kier alpha value is -1.68. The smallest absolute Gasteiger partial charge is 0.263 e. The maximum Gasteiger partial charge on any atom is 0.263 e. The van der Waals surface area contributed by atoms with Crippen molar-refractivity contribution in [2.75, 3.05) is 18.9 Å². The van der Waals surface area contributed by atoms with E-state index in [0.717, 1.165) is 61.9 Å². The molecule has 1 unspecified atom stereocenters. The van der Waals surface area contributed by atoms with E-state index in [1.54, 1.807) is 27.2 Å². The van der Waals surface area contributed by atoms with Crippen molar-refractivity contribution in [3.8, 4) is 0 Å². The SMILES string of the molecule is O=C(CSc1nc2sc3c(c2c(=O)n1CC1CCCO1)CCC3)N1CCc2sccc2C1. The Morgan fingerprint density at radius 1 is 1.25 bits per heavy atom. The number of carbonyl (C=O) groups excluding carboxylic acids is 1. The highest BCUT2D eigenvalue weighted by molar-refractivity contribution is 7.99. The number of aromatic nitrogens is 2. The quantitative estimate of drug-likeness (QED) is 0.404. The van der Waals surface area contributed by atoms with Gasteiger partial charge in [-0.2, -0.15) is 0 Å². The molecule has 1 fully saturated rings. The summed E-state index contributed by atoms with van der Waals surface area (Å²) in [5.41, 5.74) is 2.51. The molecule has 0 radical (unpaired) electrons. The van der Waals surface area contributed by atoms with Crippen molar-refractivity contribution in [3.05, 3.63) is 42.7 Å². The van der Waals surface area contributed by atoms with Gasteiger partial charge >= 0.3 is 0 Å². The maximum atomic E-state index is 13.6. The van der Waals surface area contributed by atoms with Crippen LogP contribution in [0.2, 0.25) is 0 Å². The summed E-state index contributed by atoms with van der Waals surface area (Å²) in [5, 5.41) is 3.56. The molecule has 6 rings (SSSR count). The molecule has 168 valence electrons. The van der Waals surface area contributed by atoms with Gasteiger partial charge in [0.05, 0.1) is 23.8 Å². The van der Waals surface area contributed by atoms with E-state index in [-0.39, 0.29) is 17.6 Å². The summed E-state index contributed by atoms with van der Waals surface area (Å²) in [5.74, 6) is 0.409. The van der Waals surface area contributed by atoms with E-state index < -0.39 is 0 Å². The molecule has 1 saturated heterocycles. The zero-order chi connectivity index (χ0) is 21.7. The fraction of sp³-hybridized carbons (Fsp3) is 0.522. The van der Waals surface area contributed by atoms with Crippen LogP contribution in [0.3, 0.4) is 0 Å². The predicted molar refractivity (Wildman–Crippen MR) is 129 cm³/mol. The number of aryl methyl sites for hydroxylation is 2. The summed E-state index contributed by atoms with van der Waals surface area (Å²) < 4.78 is 7.62. The van der Waals surface area contributed by atoms with Crippen LogP contribution in [-0.2, 0) is 41.9 Å². The van der Waals surface area contributed by atoms with Crippen LogP contribution in [0.15, 0.2) is 21.4 Å². The number of ether oxygens (including phenoxy) is 1. The zero-order valence-corrected chi connectivity index (χ0v) is 20.3. The molecule has 2 aliphatic heterocycles. The van der Waals surface area contributed by atoms with Crippen molar-refractivity contribution < 1.29 is 9.53 Å². The minimum absolute atomic E-state index is 0.0423. The topological polar surface area (TPSA) is 64.4 Å². The highest BCUT2D eigenvalue weighted by Gasteiger charge is 2.27. The second kappa shape index (κ2) is 8.59. The van der Waals surface area contributed by atoms with E-state index >= 15 is 0 Å². The van der Waals surface area contributed by atoms with Gasteiger partial charge in [0, 0.05) is 29.5 Å². The predicted octanol–water partition coefficient (Wildman–Crippen LogP) is 3.86. The minimum Gasteiger partial charge on any atom is -0.376 e. The lowest BCUT2D eigenvalue weighted by atomic mass is 10.1. The monoisotopic (exact) mass is 487 g/mol. The number of nitrogens with zero attached hydrogens (tertiary/aromatic N) is 3. The molecule has 3 aromatic rings. The number of amides is 1. The van der Waals surface area contributed by atoms with Gasteiger partial charge in [-0.25, -0.2) is 4.98 Å². The van der Waals surface area contributed by atoms with Gasteiger partial charge in [-0.05, 0) is 61.1 Å². The first-order chi connectivity index (χ1) is 15.7. The lowest BCUT2D eigenvalue weighted by Gasteiger charge is -2.27. The number of thiophene rings is 2. The zero-order valence-electron chi connectivity index (χ0n) is 17.8. The van der Waals surface area contributed by atoms with Crippen molar-refractivity contribution >= 4 is 50.6 Å². The Labute approximate surface area is 198 Å². The van der Waals surface area contributed by atoms with Gasteiger partial charge in [0.15, 0.2) is 5.16 Å². The summed E-state index contributed by atoms with van der Waals surface area (Å²) in [6, 6.07) is 2.12. The molecule has 3 aliphatic rings. The van der Waals surface area contributed by atoms with Crippen LogP contribution in [0.4, 0.5) is 0 Å². The van der Waals surface area contributed by atoms with Crippen molar-refractivity contribution in [3.63, 3.8) is 0 Å². The maximum absolute atomic E-state index is 13.6. The number of hydrogen-bond donors (Lipinski definition) is 0. The molecule has 1 aliphatic carbocycles. The molecular formula is C23H25N3O3S3. The fourth-order valence-electron chi connectivity index (χ4n) is 5.00. The van der Waals surface area contributed by atoms with Crippen LogP contribution in [0, 0.1) is 0 Å². The fourth-order valence-corrected chi connectivity index (χ4v) is 8.10. The van der Waals surface area contributed by atoms with Crippen LogP contribution in [0.1, 0.15) is 40.1 Å². The summed E-state index contributed by atoms with van der Waals surface area (Å²) in [4.78, 5) is 36.9. The minimum atomic E-state index is 0.0423. The molecule has 32 heavy (non-hydrogen) atoms. The molecule has 0 saturated carbocycles. The Balaban J connectivity index is 1.28. The van der Waals surface area contributed by atoms with Crippen LogP contribution in [-0.4, -0.2) is 45.4 Å². The van der Waals surface area contributed by atoms with Gasteiger partial charge in [-0.1, -0.05) is 11.8 Å². The van der Waals surface area contributed by atoms with E-state index in [0.29, 0.717) is 24.0 Å². The van der Waals surface area contributed by atoms with Crippen LogP contribution < -0.4 is 5.56 Å². The van der Waals surface area contributed by atoms with Crippen molar-refractivity contribution in [2.24, 2.45) is 0 Å². The highest BCUT2D eigenvalue weighted by atomic mass is 32.2. The van der Waals surface area contributed by atoms with E-state index in [1.165, 1.54) is 32.6 Å². The molecule has 0 bridgehead atoms. The first-order valence-corrected chi connectivity index (χ1v) is 14.0. The van der Waals surface area contributed by atoms with Crippen LogP contribution in [0.25, 0.3) is 10.2 Å². The average molecular weight is 488 g/mol. The third-order valence-corrected chi connectivity index (χ3v) is 9.85. The third-order valence-electron chi connectivity index (χ3n) is 6.69. The molecule has 1 amide bonds. The summed E-state index contributed by atoms with van der Waals surface area (Å²) in [6.07, 6.45) is 6.11. The molecule has 5 heterocycles. The Morgan fingerprint density at radius 3 is 3.06 bits per heavy atom. The largest absolute Gasteiger partial charge is 0.376 e. The van der Waals surface area contributed by atoms with E-state index in [1.807, 2.05) is 4.90 Å².